The number of hydrogen-bond acceptors (Lipinski definition) is 3. The Balaban J connectivity index is 2.05. The van der Waals surface area contributed by atoms with Gasteiger partial charge in [-0.2, -0.15) is 0 Å². The molecule has 0 saturated carbocycles. The van der Waals surface area contributed by atoms with Crippen molar-refractivity contribution >= 4 is 45.4 Å². The summed E-state index contributed by atoms with van der Waals surface area (Å²) in [5, 5.41) is 3.27. The molecule has 0 aliphatic heterocycles. The Kier molecular flexibility index (Phi) is 3.84. The van der Waals surface area contributed by atoms with Crippen molar-refractivity contribution in [2.45, 2.75) is 0 Å². The van der Waals surface area contributed by atoms with Crippen molar-refractivity contribution in [3.05, 3.63) is 80.1 Å². The highest BCUT2D eigenvalue weighted by atomic mass is 35.5. The van der Waals surface area contributed by atoms with Crippen LogP contribution in [0.4, 0.5) is 0 Å². The van der Waals surface area contributed by atoms with Gasteiger partial charge in [-0.15, -0.1) is 11.3 Å². The first-order valence-corrected chi connectivity index (χ1v) is 8.89. The average molecular weight is 371 g/mol. The standard InChI is InChI=1S/C18H11ClN2OS2/c19-12-8-6-11(7-9-12)14-10-24-16-15(14)17(22)21(18(23)20-16)13-4-2-1-3-5-13/h1-10H,(H,20,23). The first-order valence-electron chi connectivity index (χ1n) is 7.23. The number of nitrogens with zero attached hydrogens (tertiary/aromatic N) is 1. The number of fused-ring (bicyclic) bond motifs is 1. The fourth-order valence-electron chi connectivity index (χ4n) is 2.67. The van der Waals surface area contributed by atoms with E-state index in [1.807, 2.05) is 60.0 Å². The molecular formula is C18H11ClN2OS2. The molecule has 6 heteroatoms. The van der Waals surface area contributed by atoms with Gasteiger partial charge in [-0.05, 0) is 42.0 Å². The summed E-state index contributed by atoms with van der Waals surface area (Å²) in [5.74, 6) is 0. The smallest absolute Gasteiger partial charge is 0.268 e. The van der Waals surface area contributed by atoms with Gasteiger partial charge in [0.05, 0.1) is 11.1 Å². The predicted octanol–water partition coefficient (Wildman–Crippen LogP) is 5.43. The Morgan fingerprint density at radius 2 is 1.75 bits per heavy atom. The van der Waals surface area contributed by atoms with Crippen LogP contribution in [-0.2, 0) is 0 Å². The summed E-state index contributed by atoms with van der Waals surface area (Å²) < 4.78 is 1.92. The normalized spacial score (nSPS) is 11.0. The third kappa shape index (κ3) is 2.51. The van der Waals surface area contributed by atoms with E-state index in [0.717, 1.165) is 21.6 Å². The van der Waals surface area contributed by atoms with Crippen molar-refractivity contribution in [1.29, 1.82) is 0 Å². The number of nitrogens with one attached hydrogen (secondary N) is 1. The topological polar surface area (TPSA) is 37.8 Å². The van der Waals surface area contributed by atoms with Crippen LogP contribution in [0.25, 0.3) is 27.0 Å². The Hall–Kier alpha value is -2.21. The molecule has 0 radical (unpaired) electrons. The summed E-state index contributed by atoms with van der Waals surface area (Å²) in [7, 11) is 0. The Labute approximate surface area is 151 Å². The van der Waals surface area contributed by atoms with Crippen LogP contribution in [0.15, 0.2) is 64.8 Å². The van der Waals surface area contributed by atoms with Crippen molar-refractivity contribution in [3.63, 3.8) is 0 Å². The van der Waals surface area contributed by atoms with Crippen LogP contribution < -0.4 is 5.56 Å². The van der Waals surface area contributed by atoms with Crippen molar-refractivity contribution < 1.29 is 0 Å². The molecule has 0 unspecified atom stereocenters. The van der Waals surface area contributed by atoms with E-state index in [1.54, 1.807) is 0 Å². The van der Waals surface area contributed by atoms with Crippen molar-refractivity contribution in [1.82, 2.24) is 9.55 Å². The summed E-state index contributed by atoms with van der Waals surface area (Å²) >= 11 is 12.8. The molecule has 0 aliphatic rings. The maximum absolute atomic E-state index is 13.1. The van der Waals surface area contributed by atoms with Crippen molar-refractivity contribution in [2.24, 2.45) is 0 Å². The van der Waals surface area contributed by atoms with Gasteiger partial charge in [-0.3, -0.25) is 9.36 Å². The largest absolute Gasteiger partial charge is 0.323 e. The first-order chi connectivity index (χ1) is 11.6. The lowest BCUT2D eigenvalue weighted by Gasteiger charge is -2.07. The van der Waals surface area contributed by atoms with E-state index in [9.17, 15) is 4.79 Å². The zero-order valence-electron chi connectivity index (χ0n) is 12.3. The maximum atomic E-state index is 13.1. The van der Waals surface area contributed by atoms with Gasteiger partial charge in [0.2, 0.25) is 0 Å². The molecule has 0 atom stereocenters. The number of halogens is 1. The molecule has 118 valence electrons. The Morgan fingerprint density at radius 1 is 1.04 bits per heavy atom. The van der Waals surface area contributed by atoms with Gasteiger partial charge < -0.3 is 4.98 Å². The summed E-state index contributed by atoms with van der Waals surface area (Å²) in [6.07, 6.45) is 0. The predicted molar refractivity (Wildman–Crippen MR) is 103 cm³/mol. The molecule has 24 heavy (non-hydrogen) atoms. The summed E-state index contributed by atoms with van der Waals surface area (Å²) in [5.41, 5.74) is 2.46. The minimum atomic E-state index is -0.119. The van der Waals surface area contributed by atoms with E-state index in [4.69, 9.17) is 23.8 Å². The van der Waals surface area contributed by atoms with E-state index >= 15 is 0 Å². The van der Waals surface area contributed by atoms with Crippen molar-refractivity contribution in [2.75, 3.05) is 0 Å². The van der Waals surface area contributed by atoms with E-state index in [-0.39, 0.29) is 5.56 Å². The van der Waals surface area contributed by atoms with Gasteiger partial charge in [0, 0.05) is 16.0 Å². The molecular weight excluding hydrogens is 360 g/mol. The average Bonchev–Trinajstić information content (AvgIpc) is 3.00. The number of para-hydroxylation sites is 1. The second kappa shape index (κ2) is 6.02. The van der Waals surface area contributed by atoms with Crippen molar-refractivity contribution in [3.8, 4) is 16.8 Å². The van der Waals surface area contributed by atoms with Gasteiger partial charge in [0.1, 0.15) is 4.83 Å². The molecule has 2 aromatic heterocycles. The molecule has 0 spiro atoms. The summed E-state index contributed by atoms with van der Waals surface area (Å²) in [4.78, 5) is 17.1. The number of thiophene rings is 1. The van der Waals surface area contributed by atoms with Gasteiger partial charge >= 0.3 is 0 Å². The molecule has 4 aromatic rings. The Morgan fingerprint density at radius 3 is 2.46 bits per heavy atom. The number of rotatable bonds is 2. The number of H-pyrrole nitrogens is 1. The molecule has 0 fully saturated rings. The highest BCUT2D eigenvalue weighted by molar-refractivity contribution is 7.71. The third-order valence-electron chi connectivity index (χ3n) is 3.80. The molecule has 1 N–H and O–H groups in total. The highest BCUT2D eigenvalue weighted by Crippen LogP contribution is 2.31. The molecule has 2 aromatic carbocycles. The first kappa shape index (κ1) is 15.3. The zero-order chi connectivity index (χ0) is 16.7. The van der Waals surface area contributed by atoms with Crippen LogP contribution >= 0.6 is 35.2 Å². The van der Waals surface area contributed by atoms with Crippen LogP contribution in [0.5, 0.6) is 0 Å². The van der Waals surface area contributed by atoms with Gasteiger partial charge in [0.15, 0.2) is 4.77 Å². The van der Waals surface area contributed by atoms with E-state index in [2.05, 4.69) is 4.98 Å². The van der Waals surface area contributed by atoms with Crippen LogP contribution in [-0.4, -0.2) is 9.55 Å². The van der Waals surface area contributed by atoms with Crippen LogP contribution in [0.1, 0.15) is 0 Å². The monoisotopic (exact) mass is 370 g/mol. The van der Waals surface area contributed by atoms with Gasteiger partial charge in [0.25, 0.3) is 5.56 Å². The molecule has 3 nitrogen and oxygen atoms in total. The molecule has 0 saturated heterocycles. The zero-order valence-corrected chi connectivity index (χ0v) is 14.7. The number of benzene rings is 2. The SMILES string of the molecule is O=c1c2c(-c3ccc(Cl)cc3)csc2[nH]c(=S)n1-c1ccccc1. The fourth-order valence-corrected chi connectivity index (χ4v) is 4.11. The molecule has 0 bridgehead atoms. The second-order valence-electron chi connectivity index (χ2n) is 5.27. The minimum absolute atomic E-state index is 0.119. The summed E-state index contributed by atoms with van der Waals surface area (Å²) in [6.45, 7) is 0. The fraction of sp³-hybridized carbons (Fsp3) is 0. The minimum Gasteiger partial charge on any atom is -0.323 e. The molecule has 2 heterocycles. The maximum Gasteiger partial charge on any atom is 0.268 e. The second-order valence-corrected chi connectivity index (χ2v) is 6.97. The molecule has 0 aliphatic carbocycles. The van der Waals surface area contributed by atoms with Gasteiger partial charge in [-0.25, -0.2) is 0 Å². The Bertz CT molecular complexity index is 1140. The van der Waals surface area contributed by atoms with E-state index in [0.29, 0.717) is 15.2 Å². The molecule has 4 rings (SSSR count). The lowest BCUT2D eigenvalue weighted by molar-refractivity contribution is 0.944. The quantitative estimate of drug-likeness (QED) is 0.478. The van der Waals surface area contributed by atoms with Crippen LogP contribution in [0, 0.1) is 4.77 Å². The number of hydrogen-bond donors (Lipinski definition) is 1. The van der Waals surface area contributed by atoms with E-state index < -0.39 is 0 Å². The third-order valence-corrected chi connectivity index (χ3v) is 5.23. The highest BCUT2D eigenvalue weighted by Gasteiger charge is 2.14. The summed E-state index contributed by atoms with van der Waals surface area (Å²) in [6, 6.07) is 16.9. The number of aromatic amines is 1. The lowest BCUT2D eigenvalue weighted by atomic mass is 10.1. The van der Waals surface area contributed by atoms with Gasteiger partial charge in [-0.1, -0.05) is 41.9 Å². The van der Waals surface area contributed by atoms with E-state index in [1.165, 1.54) is 15.9 Å². The molecule has 0 amide bonds. The lowest BCUT2D eigenvalue weighted by Crippen LogP contribution is -2.20. The van der Waals surface area contributed by atoms with Crippen LogP contribution in [0.3, 0.4) is 0 Å². The van der Waals surface area contributed by atoms with Crippen LogP contribution in [0.2, 0.25) is 5.02 Å². The number of aromatic nitrogens is 2.